The molecule has 26 heavy (non-hydrogen) atoms. The summed E-state index contributed by atoms with van der Waals surface area (Å²) < 4.78 is 0. The Bertz CT molecular complexity index is 737. The van der Waals surface area contributed by atoms with Crippen molar-refractivity contribution in [3.8, 4) is 0 Å². The first-order valence-corrected chi connectivity index (χ1v) is 8.60. The third kappa shape index (κ3) is 5.06. The second-order valence-electron chi connectivity index (χ2n) is 6.78. The van der Waals surface area contributed by atoms with Gasteiger partial charge in [-0.15, -0.1) is 0 Å². The number of hydrogen-bond donors (Lipinski definition) is 6. The van der Waals surface area contributed by atoms with Crippen molar-refractivity contribution in [2.24, 2.45) is 5.84 Å². The van der Waals surface area contributed by atoms with Crippen LogP contribution < -0.4 is 27.2 Å². The molecular weight excluding hydrogens is 330 g/mol. The number of nitrogens with zero attached hydrogens (tertiary/aromatic N) is 1. The van der Waals surface area contributed by atoms with Crippen molar-refractivity contribution in [3.63, 3.8) is 0 Å². The second kappa shape index (κ2) is 8.48. The number of aromatic nitrogens is 1. The highest BCUT2D eigenvalue weighted by Gasteiger charge is 2.20. The summed E-state index contributed by atoms with van der Waals surface area (Å²) in [5.41, 5.74) is 5.27. The minimum absolute atomic E-state index is 0.277. The highest BCUT2D eigenvalue weighted by molar-refractivity contribution is 5.90. The summed E-state index contributed by atoms with van der Waals surface area (Å²) in [4.78, 5) is 16.7. The minimum Gasteiger partial charge on any atom is -0.379 e. The SMILES string of the molecule is CCCC(C)(C)NC(=O)Nc1ccc2c(n1)C=C(/C(C=N)=C/NN)CN2. The lowest BCUT2D eigenvalue weighted by molar-refractivity contribution is 0.239. The molecule has 2 amide bonds. The van der Waals surface area contributed by atoms with Gasteiger partial charge in [0.2, 0.25) is 0 Å². The van der Waals surface area contributed by atoms with E-state index in [4.69, 9.17) is 11.3 Å². The fraction of sp³-hybridized carbons (Fsp3) is 0.389. The number of carbonyl (C=O) groups excluding carboxylic acids is 1. The molecule has 1 aromatic heterocycles. The average molecular weight is 357 g/mol. The van der Waals surface area contributed by atoms with E-state index in [0.717, 1.165) is 24.1 Å². The Hall–Kier alpha value is -2.87. The molecule has 8 nitrogen and oxygen atoms in total. The number of pyridine rings is 1. The van der Waals surface area contributed by atoms with Crippen LogP contribution in [0.2, 0.25) is 0 Å². The van der Waals surface area contributed by atoms with Crippen LogP contribution in [-0.4, -0.2) is 29.3 Å². The van der Waals surface area contributed by atoms with Crippen molar-refractivity contribution in [2.75, 3.05) is 17.2 Å². The van der Waals surface area contributed by atoms with Crippen LogP contribution in [0.15, 0.2) is 29.5 Å². The van der Waals surface area contributed by atoms with E-state index < -0.39 is 0 Å². The van der Waals surface area contributed by atoms with Gasteiger partial charge in [0.15, 0.2) is 0 Å². The van der Waals surface area contributed by atoms with Gasteiger partial charge in [-0.25, -0.2) is 9.78 Å². The van der Waals surface area contributed by atoms with E-state index in [1.807, 2.05) is 26.0 Å². The van der Waals surface area contributed by atoms with Crippen molar-refractivity contribution >= 4 is 29.8 Å². The molecule has 2 rings (SSSR count). The maximum Gasteiger partial charge on any atom is 0.320 e. The molecule has 7 N–H and O–H groups in total. The van der Waals surface area contributed by atoms with Gasteiger partial charge >= 0.3 is 6.03 Å². The van der Waals surface area contributed by atoms with Crippen LogP contribution >= 0.6 is 0 Å². The lowest BCUT2D eigenvalue weighted by atomic mass is 9.99. The number of fused-ring (bicyclic) bond motifs is 1. The fourth-order valence-corrected chi connectivity index (χ4v) is 2.86. The highest BCUT2D eigenvalue weighted by atomic mass is 16.2. The van der Waals surface area contributed by atoms with Crippen LogP contribution in [0.1, 0.15) is 39.3 Å². The van der Waals surface area contributed by atoms with Crippen molar-refractivity contribution in [1.29, 1.82) is 5.41 Å². The Balaban J connectivity index is 2.16. The summed E-state index contributed by atoms with van der Waals surface area (Å²) in [6.45, 7) is 6.63. The second-order valence-corrected chi connectivity index (χ2v) is 6.78. The van der Waals surface area contributed by atoms with E-state index in [9.17, 15) is 4.79 Å². The zero-order chi connectivity index (χ0) is 19.2. The Morgan fingerprint density at radius 1 is 1.46 bits per heavy atom. The number of urea groups is 1. The number of carbonyl (C=O) groups is 1. The van der Waals surface area contributed by atoms with Gasteiger partial charge in [0.25, 0.3) is 0 Å². The van der Waals surface area contributed by atoms with Gasteiger partial charge in [0, 0.05) is 30.1 Å². The molecule has 0 radical (unpaired) electrons. The minimum atomic E-state index is -0.281. The van der Waals surface area contributed by atoms with E-state index in [-0.39, 0.29) is 11.6 Å². The van der Waals surface area contributed by atoms with Crippen molar-refractivity contribution in [2.45, 2.75) is 39.2 Å². The van der Waals surface area contributed by atoms with Gasteiger partial charge in [-0.3, -0.25) is 11.2 Å². The van der Waals surface area contributed by atoms with Crippen LogP contribution in [0.25, 0.3) is 6.08 Å². The molecule has 140 valence electrons. The number of hydrazine groups is 1. The first kappa shape index (κ1) is 19.5. The van der Waals surface area contributed by atoms with E-state index in [1.54, 1.807) is 12.3 Å². The molecule has 0 bridgehead atoms. The van der Waals surface area contributed by atoms with Crippen LogP contribution in [-0.2, 0) is 0 Å². The molecular formula is C18H27N7O. The lowest BCUT2D eigenvalue weighted by Gasteiger charge is -2.26. The largest absolute Gasteiger partial charge is 0.379 e. The molecule has 1 aliphatic rings. The Morgan fingerprint density at radius 3 is 2.88 bits per heavy atom. The molecule has 2 heterocycles. The first-order valence-electron chi connectivity index (χ1n) is 8.60. The number of rotatable bonds is 7. The lowest BCUT2D eigenvalue weighted by Crippen LogP contribution is -2.45. The van der Waals surface area contributed by atoms with Gasteiger partial charge < -0.3 is 21.5 Å². The Morgan fingerprint density at radius 2 is 2.23 bits per heavy atom. The molecule has 0 fully saturated rings. The van der Waals surface area contributed by atoms with E-state index in [2.05, 4.69) is 33.3 Å². The number of nitrogens with two attached hydrogens (primary N) is 1. The van der Waals surface area contributed by atoms with Gasteiger partial charge in [0.1, 0.15) is 5.82 Å². The van der Waals surface area contributed by atoms with Gasteiger partial charge in [-0.05, 0) is 44.1 Å². The smallest absolute Gasteiger partial charge is 0.320 e. The van der Waals surface area contributed by atoms with Gasteiger partial charge in [-0.1, -0.05) is 13.3 Å². The van der Waals surface area contributed by atoms with E-state index in [1.165, 1.54) is 6.21 Å². The molecule has 1 aliphatic heterocycles. The zero-order valence-electron chi connectivity index (χ0n) is 15.4. The molecule has 0 unspecified atom stereocenters. The highest BCUT2D eigenvalue weighted by Crippen LogP contribution is 2.26. The molecule has 0 aliphatic carbocycles. The molecule has 0 atom stereocenters. The number of amides is 2. The van der Waals surface area contributed by atoms with Crippen LogP contribution in [0.3, 0.4) is 0 Å². The van der Waals surface area contributed by atoms with Crippen molar-refractivity contribution in [3.05, 3.63) is 35.2 Å². The van der Waals surface area contributed by atoms with Crippen molar-refractivity contribution < 1.29 is 4.79 Å². The monoisotopic (exact) mass is 357 g/mol. The molecule has 8 heteroatoms. The number of hydrogen-bond acceptors (Lipinski definition) is 6. The quantitative estimate of drug-likeness (QED) is 0.254. The fourth-order valence-electron chi connectivity index (χ4n) is 2.86. The summed E-state index contributed by atoms with van der Waals surface area (Å²) in [6.07, 6.45) is 6.54. The predicted octanol–water partition coefficient (Wildman–Crippen LogP) is 2.59. The van der Waals surface area contributed by atoms with Gasteiger partial charge in [0.05, 0.1) is 11.4 Å². The maximum atomic E-state index is 12.2. The summed E-state index contributed by atoms with van der Waals surface area (Å²) >= 11 is 0. The number of nitrogens with one attached hydrogen (secondary N) is 5. The average Bonchev–Trinajstić information content (AvgIpc) is 2.58. The van der Waals surface area contributed by atoms with Crippen LogP contribution in [0.4, 0.5) is 16.3 Å². The summed E-state index contributed by atoms with van der Waals surface area (Å²) in [6, 6.07) is 3.35. The molecule has 1 aromatic rings. The molecule has 0 saturated carbocycles. The molecule has 0 aromatic carbocycles. The van der Waals surface area contributed by atoms with Crippen LogP contribution in [0.5, 0.6) is 0 Å². The topological polar surface area (TPSA) is 128 Å². The normalized spacial score (nSPS) is 13.8. The summed E-state index contributed by atoms with van der Waals surface area (Å²) in [7, 11) is 0. The predicted molar refractivity (Wildman–Crippen MR) is 106 cm³/mol. The van der Waals surface area contributed by atoms with E-state index >= 15 is 0 Å². The zero-order valence-corrected chi connectivity index (χ0v) is 15.4. The molecule has 0 saturated heterocycles. The maximum absolute atomic E-state index is 12.2. The number of anilines is 2. The standard InChI is InChI=1S/C18H27N7O/c1-4-7-18(2,3)25-17(26)24-16-6-5-14-15(23-16)8-12(10-21-14)13(9-19)11-22-20/h5-6,8-9,11,19,21-22H,4,7,10,20H2,1-3H3,(H2,23,24,25,26)/b13-11+,19-9?. The first-order chi connectivity index (χ1) is 12.4. The van der Waals surface area contributed by atoms with Crippen molar-refractivity contribution in [1.82, 2.24) is 15.7 Å². The third-order valence-corrected chi connectivity index (χ3v) is 4.04. The molecule has 0 spiro atoms. The van der Waals surface area contributed by atoms with Crippen LogP contribution in [0, 0.1) is 5.41 Å². The van der Waals surface area contributed by atoms with E-state index in [0.29, 0.717) is 23.6 Å². The Kier molecular flexibility index (Phi) is 6.35. The summed E-state index contributed by atoms with van der Waals surface area (Å²) in [5, 5.41) is 16.5. The third-order valence-electron chi connectivity index (χ3n) is 4.04. The Labute approximate surface area is 153 Å². The van der Waals surface area contributed by atoms with Gasteiger partial charge in [-0.2, -0.15) is 0 Å². The summed E-state index contributed by atoms with van der Waals surface area (Å²) in [5.74, 6) is 5.77.